The van der Waals surface area contributed by atoms with Gasteiger partial charge in [-0.05, 0) is 55.5 Å². The highest BCUT2D eigenvalue weighted by Crippen LogP contribution is 2.36. The van der Waals surface area contributed by atoms with Gasteiger partial charge >= 0.3 is 0 Å². The number of rotatable bonds is 4. The molecule has 176 valence electrons. The van der Waals surface area contributed by atoms with Gasteiger partial charge in [-0.3, -0.25) is 0 Å². The van der Waals surface area contributed by atoms with Gasteiger partial charge in [-0.1, -0.05) is 43.3 Å². The molecule has 0 radical (unpaired) electrons. The monoisotopic (exact) mass is 455 g/mol. The lowest BCUT2D eigenvalue weighted by Crippen LogP contribution is -2.47. The number of piperazine rings is 1. The fourth-order valence-corrected chi connectivity index (χ4v) is 5.47. The van der Waals surface area contributed by atoms with Crippen molar-refractivity contribution in [3.8, 4) is 0 Å². The van der Waals surface area contributed by atoms with Gasteiger partial charge in [0.1, 0.15) is 0 Å². The van der Waals surface area contributed by atoms with E-state index in [-0.39, 0.29) is 0 Å². The molecular formula is C27H33N7. The number of benzene rings is 2. The summed E-state index contributed by atoms with van der Waals surface area (Å²) in [6.07, 6.45) is 4.43. The Bertz CT molecular complexity index is 1080. The number of aryl methyl sites for hydroxylation is 2. The predicted octanol–water partition coefficient (Wildman–Crippen LogP) is 4.18. The molecule has 0 unspecified atom stereocenters. The molecule has 1 fully saturated rings. The summed E-state index contributed by atoms with van der Waals surface area (Å²) >= 11 is 0. The lowest BCUT2D eigenvalue weighted by Gasteiger charge is -2.36. The molecule has 0 bridgehead atoms. The van der Waals surface area contributed by atoms with Crippen LogP contribution in [0.25, 0.3) is 0 Å². The molecule has 3 aliphatic heterocycles. The van der Waals surface area contributed by atoms with Crippen molar-refractivity contribution < 1.29 is 0 Å². The number of fused-ring (bicyclic) bond motifs is 2. The van der Waals surface area contributed by atoms with Crippen molar-refractivity contribution in [2.24, 2.45) is 0 Å². The molecule has 0 atom stereocenters. The van der Waals surface area contributed by atoms with Gasteiger partial charge in [-0.15, -0.1) is 0 Å². The molecule has 3 aliphatic rings. The Morgan fingerprint density at radius 1 is 0.618 bits per heavy atom. The molecule has 0 N–H and O–H groups in total. The molecule has 3 aromatic rings. The largest absolute Gasteiger partial charge is 0.338 e. The quantitative estimate of drug-likeness (QED) is 0.585. The summed E-state index contributed by atoms with van der Waals surface area (Å²) in [6, 6.07) is 17.4. The molecule has 1 saturated heterocycles. The van der Waals surface area contributed by atoms with Gasteiger partial charge in [0, 0.05) is 50.6 Å². The van der Waals surface area contributed by atoms with Crippen LogP contribution in [0, 0.1) is 0 Å². The van der Waals surface area contributed by atoms with Crippen LogP contribution in [0.3, 0.4) is 0 Å². The molecule has 0 amide bonds. The molecule has 1 aromatic heterocycles. The number of nitrogens with zero attached hydrogens (tertiary/aromatic N) is 7. The molecule has 7 nitrogen and oxygen atoms in total. The first-order valence-electron chi connectivity index (χ1n) is 12.7. The number of para-hydroxylation sites is 2. The van der Waals surface area contributed by atoms with Crippen molar-refractivity contribution >= 4 is 29.2 Å². The van der Waals surface area contributed by atoms with Crippen molar-refractivity contribution in [2.75, 3.05) is 60.5 Å². The molecule has 6 rings (SSSR count). The third-order valence-corrected chi connectivity index (χ3v) is 7.41. The highest BCUT2D eigenvalue weighted by Gasteiger charge is 2.27. The van der Waals surface area contributed by atoms with Crippen LogP contribution >= 0.6 is 0 Å². The maximum Gasteiger partial charge on any atom is 0.236 e. The molecule has 34 heavy (non-hydrogen) atoms. The van der Waals surface area contributed by atoms with Gasteiger partial charge in [0.05, 0.1) is 0 Å². The smallest absolute Gasteiger partial charge is 0.236 e. The number of likely N-dealkylation sites (N-methyl/N-ethyl adjacent to an activating group) is 1. The fourth-order valence-electron chi connectivity index (χ4n) is 5.47. The second-order valence-corrected chi connectivity index (χ2v) is 9.42. The molecule has 2 aromatic carbocycles. The minimum atomic E-state index is 0.771. The Balaban J connectivity index is 1.43. The van der Waals surface area contributed by atoms with Crippen molar-refractivity contribution in [1.82, 2.24) is 19.9 Å². The lowest BCUT2D eigenvalue weighted by atomic mass is 10.0. The van der Waals surface area contributed by atoms with E-state index in [1.807, 2.05) is 0 Å². The van der Waals surface area contributed by atoms with Crippen LogP contribution in [0.15, 0.2) is 48.5 Å². The Labute approximate surface area is 202 Å². The van der Waals surface area contributed by atoms with Gasteiger partial charge in [0.15, 0.2) is 0 Å². The maximum atomic E-state index is 5.10. The van der Waals surface area contributed by atoms with E-state index in [1.54, 1.807) is 0 Å². The first-order chi connectivity index (χ1) is 16.8. The second-order valence-electron chi connectivity index (χ2n) is 9.42. The summed E-state index contributed by atoms with van der Waals surface area (Å²) < 4.78 is 0. The van der Waals surface area contributed by atoms with E-state index in [2.05, 4.69) is 75.1 Å². The van der Waals surface area contributed by atoms with Gasteiger partial charge in [0.25, 0.3) is 0 Å². The Morgan fingerprint density at radius 2 is 1.12 bits per heavy atom. The zero-order valence-electron chi connectivity index (χ0n) is 20.0. The van der Waals surface area contributed by atoms with E-state index in [4.69, 9.17) is 15.0 Å². The van der Waals surface area contributed by atoms with Crippen LogP contribution < -0.4 is 14.7 Å². The van der Waals surface area contributed by atoms with Crippen LogP contribution in [0.5, 0.6) is 0 Å². The van der Waals surface area contributed by atoms with E-state index in [1.165, 1.54) is 22.5 Å². The number of anilines is 5. The minimum Gasteiger partial charge on any atom is -0.338 e. The fraction of sp³-hybridized carbons (Fsp3) is 0.444. The highest BCUT2D eigenvalue weighted by atomic mass is 15.4. The molecule has 4 heterocycles. The Morgan fingerprint density at radius 3 is 1.65 bits per heavy atom. The zero-order valence-corrected chi connectivity index (χ0v) is 20.0. The summed E-state index contributed by atoms with van der Waals surface area (Å²) in [5.41, 5.74) is 5.20. The van der Waals surface area contributed by atoms with Gasteiger partial charge < -0.3 is 19.6 Å². The lowest BCUT2D eigenvalue weighted by molar-refractivity contribution is 0.270. The van der Waals surface area contributed by atoms with Crippen LogP contribution in [0.1, 0.15) is 30.9 Å². The van der Waals surface area contributed by atoms with Crippen LogP contribution in [0.4, 0.5) is 29.2 Å². The van der Waals surface area contributed by atoms with E-state index in [0.717, 1.165) is 89.3 Å². The summed E-state index contributed by atoms with van der Waals surface area (Å²) in [5, 5.41) is 0. The average Bonchev–Trinajstić information content (AvgIpc) is 2.92. The second kappa shape index (κ2) is 9.22. The van der Waals surface area contributed by atoms with Crippen molar-refractivity contribution in [2.45, 2.75) is 32.6 Å². The van der Waals surface area contributed by atoms with Gasteiger partial charge in [-0.25, -0.2) is 0 Å². The Hall–Kier alpha value is -3.19. The molecule has 0 saturated carbocycles. The maximum absolute atomic E-state index is 5.10. The molecule has 0 aliphatic carbocycles. The molecule has 7 heteroatoms. The zero-order chi connectivity index (χ0) is 22.9. The van der Waals surface area contributed by atoms with Crippen molar-refractivity contribution in [1.29, 1.82) is 0 Å². The summed E-state index contributed by atoms with van der Waals surface area (Å²) in [6.45, 7) is 9.18. The van der Waals surface area contributed by atoms with Crippen LogP contribution in [0.2, 0.25) is 0 Å². The number of hydrogen-bond donors (Lipinski definition) is 0. The molecular weight excluding hydrogens is 422 g/mol. The van der Waals surface area contributed by atoms with E-state index in [0.29, 0.717) is 0 Å². The first kappa shape index (κ1) is 21.4. The first-order valence-corrected chi connectivity index (χ1v) is 12.7. The topological polar surface area (TPSA) is 51.6 Å². The standard InChI is InChI=1S/C27H33N7/c1-2-31-17-19-32(20-18-31)25-28-26(33-15-7-11-21-9-3-5-13-23(21)33)30-27(29-25)34-16-8-12-22-10-4-6-14-24(22)34/h3-6,9-10,13-14H,2,7-8,11-12,15-20H2,1H3. The molecule has 0 spiro atoms. The van der Waals surface area contributed by atoms with Crippen LogP contribution in [-0.2, 0) is 12.8 Å². The predicted molar refractivity (Wildman–Crippen MR) is 138 cm³/mol. The normalized spacial score (nSPS) is 18.6. The SMILES string of the molecule is CCN1CCN(c2nc(N3CCCc4ccccc43)nc(N3CCCc4ccccc43)n2)CC1. The third kappa shape index (κ3) is 3.98. The van der Waals surface area contributed by atoms with E-state index < -0.39 is 0 Å². The third-order valence-electron chi connectivity index (χ3n) is 7.41. The van der Waals surface area contributed by atoms with Gasteiger partial charge in [-0.2, -0.15) is 15.0 Å². The summed E-state index contributed by atoms with van der Waals surface area (Å²) in [7, 11) is 0. The van der Waals surface area contributed by atoms with Crippen LogP contribution in [-0.4, -0.2) is 65.7 Å². The summed E-state index contributed by atoms with van der Waals surface area (Å²) in [5.74, 6) is 2.35. The minimum absolute atomic E-state index is 0.771. The van der Waals surface area contributed by atoms with E-state index >= 15 is 0 Å². The Kier molecular flexibility index (Phi) is 5.79. The van der Waals surface area contributed by atoms with Gasteiger partial charge in [0.2, 0.25) is 17.8 Å². The summed E-state index contributed by atoms with van der Waals surface area (Å²) in [4.78, 5) is 24.7. The number of aromatic nitrogens is 3. The van der Waals surface area contributed by atoms with Crippen molar-refractivity contribution in [3.63, 3.8) is 0 Å². The van der Waals surface area contributed by atoms with Crippen molar-refractivity contribution in [3.05, 3.63) is 59.7 Å². The van der Waals surface area contributed by atoms with E-state index in [9.17, 15) is 0 Å². The average molecular weight is 456 g/mol. The number of hydrogen-bond acceptors (Lipinski definition) is 7. The highest BCUT2D eigenvalue weighted by molar-refractivity contribution is 5.68.